The highest BCUT2D eigenvalue weighted by Gasteiger charge is 2.29. The van der Waals surface area contributed by atoms with E-state index in [0.717, 1.165) is 42.4 Å². The molecule has 2 aromatic heterocycles. The first kappa shape index (κ1) is 24.4. The molecule has 1 fully saturated rings. The molecule has 0 saturated heterocycles. The second-order valence-electron chi connectivity index (χ2n) is 9.69. The van der Waals surface area contributed by atoms with Crippen molar-refractivity contribution in [1.29, 1.82) is 0 Å². The number of phenols is 1. The molecular weight excluding hydrogens is 470 g/mol. The van der Waals surface area contributed by atoms with Crippen LogP contribution in [0, 0.1) is 20.8 Å². The van der Waals surface area contributed by atoms with Crippen LogP contribution in [0.3, 0.4) is 0 Å². The number of phenolic OH excluding ortho intramolecular Hbond substituents is 1. The maximum Gasteiger partial charge on any atom is 0.258 e. The van der Waals surface area contributed by atoms with Gasteiger partial charge in [0.1, 0.15) is 17.1 Å². The number of rotatable bonds is 5. The maximum atomic E-state index is 12.7. The number of aromatic hydroxyl groups is 2. The molecule has 1 aliphatic rings. The van der Waals surface area contributed by atoms with Crippen molar-refractivity contribution in [3.8, 4) is 17.3 Å². The highest BCUT2D eigenvalue weighted by Crippen LogP contribution is 2.45. The Morgan fingerprint density at radius 1 is 0.973 bits per heavy atom. The van der Waals surface area contributed by atoms with Crippen LogP contribution in [0.1, 0.15) is 65.6 Å². The highest BCUT2D eigenvalue weighted by atomic mass is 16.3. The molecule has 2 aromatic carbocycles. The molecule has 0 aliphatic heterocycles. The molecule has 0 radical (unpaired) electrons. The molecule has 190 valence electrons. The van der Waals surface area contributed by atoms with Gasteiger partial charge in [0, 0.05) is 12.0 Å². The molecule has 10 heteroatoms. The van der Waals surface area contributed by atoms with Gasteiger partial charge in [-0.2, -0.15) is 5.21 Å². The zero-order valence-corrected chi connectivity index (χ0v) is 21.0. The van der Waals surface area contributed by atoms with Crippen LogP contribution < -0.4 is 5.56 Å². The molecule has 1 aliphatic carbocycles. The van der Waals surface area contributed by atoms with Gasteiger partial charge in [-0.1, -0.05) is 29.8 Å². The summed E-state index contributed by atoms with van der Waals surface area (Å²) in [6, 6.07) is 12.3. The zero-order chi connectivity index (χ0) is 26.1. The van der Waals surface area contributed by atoms with E-state index in [2.05, 4.69) is 30.9 Å². The predicted molar refractivity (Wildman–Crippen MR) is 138 cm³/mol. The number of hydrogen-bond acceptors (Lipinski definition) is 8. The number of hydrogen-bond donors (Lipinski definition) is 3. The van der Waals surface area contributed by atoms with Crippen molar-refractivity contribution in [3.63, 3.8) is 0 Å². The zero-order valence-electron chi connectivity index (χ0n) is 21.0. The van der Waals surface area contributed by atoms with Gasteiger partial charge in [0.05, 0.1) is 5.69 Å². The van der Waals surface area contributed by atoms with Crippen molar-refractivity contribution in [1.82, 2.24) is 25.2 Å². The summed E-state index contributed by atoms with van der Waals surface area (Å²) in [5.41, 5.74) is 4.00. The molecule has 1 saturated carbocycles. The number of benzene rings is 2. The van der Waals surface area contributed by atoms with Crippen molar-refractivity contribution >= 4 is 11.4 Å². The van der Waals surface area contributed by atoms with E-state index in [1.807, 2.05) is 38.1 Å². The van der Waals surface area contributed by atoms with Gasteiger partial charge >= 0.3 is 0 Å². The van der Waals surface area contributed by atoms with Crippen LogP contribution in [0.15, 0.2) is 57.5 Å². The smallest absolute Gasteiger partial charge is 0.258 e. The standard InChI is InChI=1S/C27H29N7O3/c1-15-10-11-20(12-16(15)2)34-23(35)13-17(3)24(27(34)37)29-28-22-9-5-8-21(25(22)36)18-6-4-7-19(14-18)26-30-32-33-31-26/h5,8-13,18-19,36-37H,4,6-7,14H2,1-3H3,(H,30,31,32,33). The first-order valence-electron chi connectivity index (χ1n) is 12.3. The molecule has 3 N–H and O–H groups in total. The molecular formula is C27H29N7O3. The van der Waals surface area contributed by atoms with Gasteiger partial charge in [0.15, 0.2) is 5.82 Å². The SMILES string of the molecule is Cc1ccc(-n2c(O)c(N=Nc3cccc(C4CCCC(c5nn[nH]n5)C4)c3O)c(C)cc2=O)cc1C. The molecule has 0 bridgehead atoms. The minimum Gasteiger partial charge on any atom is -0.505 e. The first-order valence-corrected chi connectivity index (χ1v) is 12.3. The molecule has 2 atom stereocenters. The number of nitrogens with one attached hydrogen (secondary N) is 1. The predicted octanol–water partition coefficient (Wildman–Crippen LogP) is 5.54. The van der Waals surface area contributed by atoms with Gasteiger partial charge in [0.25, 0.3) is 5.56 Å². The average molecular weight is 500 g/mol. The third-order valence-corrected chi connectivity index (χ3v) is 7.25. The number of aromatic nitrogens is 5. The van der Waals surface area contributed by atoms with Gasteiger partial charge in [-0.3, -0.25) is 4.79 Å². The monoisotopic (exact) mass is 499 g/mol. The van der Waals surface area contributed by atoms with Gasteiger partial charge < -0.3 is 10.2 Å². The largest absolute Gasteiger partial charge is 0.505 e. The lowest BCUT2D eigenvalue weighted by molar-refractivity contribution is 0.370. The Balaban J connectivity index is 1.47. The lowest BCUT2D eigenvalue weighted by Gasteiger charge is -2.28. The van der Waals surface area contributed by atoms with Crippen LogP contribution in [-0.2, 0) is 0 Å². The van der Waals surface area contributed by atoms with E-state index >= 15 is 0 Å². The average Bonchev–Trinajstić information content (AvgIpc) is 3.42. The van der Waals surface area contributed by atoms with Crippen LogP contribution in [0.2, 0.25) is 0 Å². The fraction of sp³-hybridized carbons (Fsp3) is 0.333. The number of H-pyrrole nitrogens is 1. The Hall–Kier alpha value is -4.34. The van der Waals surface area contributed by atoms with Crippen molar-refractivity contribution in [2.24, 2.45) is 10.2 Å². The first-order chi connectivity index (χ1) is 17.8. The second-order valence-corrected chi connectivity index (χ2v) is 9.69. The van der Waals surface area contributed by atoms with Gasteiger partial charge in [0.2, 0.25) is 5.88 Å². The van der Waals surface area contributed by atoms with Crippen LogP contribution in [0.5, 0.6) is 11.6 Å². The molecule has 5 rings (SSSR count). The van der Waals surface area contributed by atoms with Crippen LogP contribution in [0.4, 0.5) is 11.4 Å². The minimum atomic E-state index is -0.365. The molecule has 2 unspecified atom stereocenters. The van der Waals surface area contributed by atoms with E-state index in [0.29, 0.717) is 22.8 Å². The molecule has 10 nitrogen and oxygen atoms in total. The number of aryl methyl sites for hydroxylation is 3. The third-order valence-electron chi connectivity index (χ3n) is 7.25. The fourth-order valence-corrected chi connectivity index (χ4v) is 5.05. The Labute approximate surface area is 213 Å². The number of para-hydroxylation sites is 1. The second kappa shape index (κ2) is 9.96. The lowest BCUT2D eigenvalue weighted by Crippen LogP contribution is -2.18. The summed E-state index contributed by atoms with van der Waals surface area (Å²) < 4.78 is 1.21. The highest BCUT2D eigenvalue weighted by molar-refractivity contribution is 5.59. The third kappa shape index (κ3) is 4.74. The molecule has 37 heavy (non-hydrogen) atoms. The summed E-state index contributed by atoms with van der Waals surface area (Å²) >= 11 is 0. The Bertz CT molecular complexity index is 1530. The van der Waals surface area contributed by atoms with E-state index in [4.69, 9.17) is 0 Å². The van der Waals surface area contributed by atoms with E-state index < -0.39 is 0 Å². The number of tetrazole rings is 1. The van der Waals surface area contributed by atoms with Gasteiger partial charge in [-0.25, -0.2) is 4.57 Å². The van der Waals surface area contributed by atoms with Crippen LogP contribution in [0.25, 0.3) is 5.69 Å². The normalized spacial score (nSPS) is 17.9. The van der Waals surface area contributed by atoms with Crippen LogP contribution >= 0.6 is 0 Å². The van der Waals surface area contributed by atoms with Crippen molar-refractivity contribution in [2.75, 3.05) is 0 Å². The lowest BCUT2D eigenvalue weighted by atomic mass is 9.77. The van der Waals surface area contributed by atoms with E-state index in [9.17, 15) is 15.0 Å². The minimum absolute atomic E-state index is 0.0598. The molecule has 2 heterocycles. The fourth-order valence-electron chi connectivity index (χ4n) is 5.05. The van der Waals surface area contributed by atoms with Crippen molar-refractivity contribution in [2.45, 2.75) is 58.3 Å². The van der Waals surface area contributed by atoms with E-state index in [-0.39, 0.29) is 34.7 Å². The number of aromatic amines is 1. The van der Waals surface area contributed by atoms with E-state index in [1.54, 1.807) is 19.1 Å². The summed E-state index contributed by atoms with van der Waals surface area (Å²) in [4.78, 5) is 12.7. The molecule has 4 aromatic rings. The Morgan fingerprint density at radius 3 is 2.54 bits per heavy atom. The topological polar surface area (TPSA) is 142 Å². The van der Waals surface area contributed by atoms with E-state index in [1.165, 1.54) is 10.6 Å². The summed E-state index contributed by atoms with van der Waals surface area (Å²) in [5, 5.41) is 45.1. The number of azo groups is 1. The van der Waals surface area contributed by atoms with Crippen LogP contribution in [-0.4, -0.2) is 35.4 Å². The Morgan fingerprint density at radius 2 is 1.78 bits per heavy atom. The maximum absolute atomic E-state index is 12.7. The number of nitrogens with zero attached hydrogens (tertiary/aromatic N) is 6. The van der Waals surface area contributed by atoms with Crippen molar-refractivity contribution in [3.05, 3.63) is 80.9 Å². The molecule has 0 spiro atoms. The van der Waals surface area contributed by atoms with Gasteiger partial charge in [-0.05, 0) is 86.4 Å². The number of pyridine rings is 1. The summed E-state index contributed by atoms with van der Waals surface area (Å²) in [6.07, 6.45) is 3.70. The summed E-state index contributed by atoms with van der Waals surface area (Å²) in [5.74, 6) is 0.750. The summed E-state index contributed by atoms with van der Waals surface area (Å²) in [6.45, 7) is 5.62. The van der Waals surface area contributed by atoms with Gasteiger partial charge in [-0.15, -0.1) is 20.4 Å². The Kier molecular flexibility index (Phi) is 6.56. The molecule has 0 amide bonds. The summed E-state index contributed by atoms with van der Waals surface area (Å²) in [7, 11) is 0. The quantitative estimate of drug-likeness (QED) is 0.308. The van der Waals surface area contributed by atoms with Crippen molar-refractivity contribution < 1.29 is 10.2 Å².